The van der Waals surface area contributed by atoms with Crippen LogP contribution in [0.3, 0.4) is 0 Å². The summed E-state index contributed by atoms with van der Waals surface area (Å²) in [7, 11) is 5.60. The Bertz CT molecular complexity index is 404. The van der Waals surface area contributed by atoms with E-state index in [1.165, 1.54) is 0 Å². The van der Waals surface area contributed by atoms with Gasteiger partial charge >= 0.3 is 5.97 Å². The van der Waals surface area contributed by atoms with E-state index in [1.54, 1.807) is 11.8 Å². The average Bonchev–Trinajstić information content (AvgIpc) is 2.71. The van der Waals surface area contributed by atoms with Crippen molar-refractivity contribution in [1.82, 2.24) is 19.9 Å². The zero-order valence-electron chi connectivity index (χ0n) is 12.0. The first-order chi connectivity index (χ1) is 9.06. The van der Waals surface area contributed by atoms with Crippen LogP contribution in [0, 0.1) is 6.92 Å². The molecule has 1 heterocycles. The van der Waals surface area contributed by atoms with Gasteiger partial charge in [-0.2, -0.15) is 0 Å². The van der Waals surface area contributed by atoms with Crippen LogP contribution in [0.1, 0.15) is 22.6 Å². The van der Waals surface area contributed by atoms with E-state index in [-0.39, 0.29) is 12.3 Å². The molecule has 0 amide bonds. The van der Waals surface area contributed by atoms with Crippen molar-refractivity contribution in [3.8, 4) is 0 Å². The second kappa shape index (κ2) is 7.85. The smallest absolute Gasteiger partial charge is 0.360 e. The molecule has 0 unspecified atom stereocenters. The number of carbonyl (C=O) groups is 1. The summed E-state index contributed by atoms with van der Waals surface area (Å²) in [6.07, 6.45) is 0.954. The van der Waals surface area contributed by atoms with Gasteiger partial charge in [-0.25, -0.2) is 9.48 Å². The zero-order chi connectivity index (χ0) is 14.3. The molecule has 0 fully saturated rings. The predicted molar refractivity (Wildman–Crippen MR) is 70.1 cm³/mol. The van der Waals surface area contributed by atoms with Gasteiger partial charge < -0.3 is 14.4 Å². The van der Waals surface area contributed by atoms with Crippen LogP contribution < -0.4 is 0 Å². The first kappa shape index (κ1) is 15.6. The molecule has 0 aliphatic rings. The Morgan fingerprint density at radius 2 is 2.11 bits per heavy atom. The molecule has 0 saturated carbocycles. The fourth-order valence-corrected chi connectivity index (χ4v) is 1.58. The van der Waals surface area contributed by atoms with E-state index in [2.05, 4.69) is 15.2 Å². The Kier molecular flexibility index (Phi) is 6.44. The van der Waals surface area contributed by atoms with Crippen molar-refractivity contribution in [3.63, 3.8) is 0 Å². The first-order valence-electron chi connectivity index (χ1n) is 6.27. The van der Waals surface area contributed by atoms with Gasteiger partial charge in [-0.15, -0.1) is 5.10 Å². The third kappa shape index (κ3) is 4.96. The number of esters is 1. The van der Waals surface area contributed by atoms with Crippen molar-refractivity contribution in [3.05, 3.63) is 11.4 Å². The molecule has 1 rings (SSSR count). The highest BCUT2D eigenvalue weighted by Gasteiger charge is 2.17. The summed E-state index contributed by atoms with van der Waals surface area (Å²) in [5, 5.41) is 7.85. The Hall–Kier alpha value is -1.47. The van der Waals surface area contributed by atoms with Gasteiger partial charge in [0, 0.05) is 13.7 Å². The maximum atomic E-state index is 11.7. The van der Waals surface area contributed by atoms with Gasteiger partial charge in [-0.3, -0.25) is 0 Å². The zero-order valence-corrected chi connectivity index (χ0v) is 12.0. The molecule has 0 bridgehead atoms. The third-order valence-corrected chi connectivity index (χ3v) is 2.67. The van der Waals surface area contributed by atoms with E-state index in [0.717, 1.165) is 25.2 Å². The van der Waals surface area contributed by atoms with E-state index in [9.17, 15) is 4.79 Å². The molecule has 0 radical (unpaired) electrons. The fraction of sp³-hybridized carbons (Fsp3) is 0.750. The number of hydrogen-bond acceptors (Lipinski definition) is 6. The Morgan fingerprint density at radius 1 is 1.37 bits per heavy atom. The monoisotopic (exact) mass is 270 g/mol. The number of aromatic nitrogens is 3. The molecule has 1 aromatic rings. The third-order valence-electron chi connectivity index (χ3n) is 2.67. The maximum Gasteiger partial charge on any atom is 0.360 e. The SMILES string of the molecule is COCCOC(=O)c1nnn(CCCN(C)C)c1C. The molecule has 108 valence electrons. The molecule has 0 aliphatic carbocycles. The number of hydrogen-bond donors (Lipinski definition) is 0. The second-order valence-corrected chi connectivity index (χ2v) is 4.53. The van der Waals surface area contributed by atoms with Crippen molar-refractivity contribution in [2.24, 2.45) is 0 Å². The number of ether oxygens (including phenoxy) is 2. The lowest BCUT2D eigenvalue weighted by molar-refractivity contribution is 0.0380. The Morgan fingerprint density at radius 3 is 2.74 bits per heavy atom. The number of methoxy groups -OCH3 is 1. The summed E-state index contributed by atoms with van der Waals surface area (Å²) in [5.41, 5.74) is 1.02. The van der Waals surface area contributed by atoms with Gasteiger partial charge in [-0.1, -0.05) is 5.21 Å². The molecule has 1 aromatic heterocycles. The standard InChI is InChI=1S/C12H22N4O3/c1-10-11(12(17)19-9-8-18-4)13-14-16(10)7-5-6-15(2)3/h5-9H2,1-4H3. The predicted octanol–water partition coefficient (Wildman–Crippen LogP) is 0.341. The number of rotatable bonds is 8. The van der Waals surface area contributed by atoms with E-state index >= 15 is 0 Å². The maximum absolute atomic E-state index is 11.7. The highest BCUT2D eigenvalue weighted by atomic mass is 16.6. The molecule has 7 nitrogen and oxygen atoms in total. The summed E-state index contributed by atoms with van der Waals surface area (Å²) >= 11 is 0. The lowest BCUT2D eigenvalue weighted by Crippen LogP contribution is -2.16. The molecule has 0 aromatic carbocycles. The number of carbonyl (C=O) groups excluding carboxylic acids is 1. The summed E-state index contributed by atoms with van der Waals surface area (Å²) in [6, 6.07) is 0. The van der Waals surface area contributed by atoms with Crippen molar-refractivity contribution >= 4 is 5.97 Å². The highest BCUT2D eigenvalue weighted by molar-refractivity contribution is 5.88. The topological polar surface area (TPSA) is 69.5 Å². The molecule has 0 spiro atoms. The summed E-state index contributed by atoms with van der Waals surface area (Å²) < 4.78 is 11.6. The van der Waals surface area contributed by atoms with Crippen LogP contribution in [0.25, 0.3) is 0 Å². The first-order valence-corrected chi connectivity index (χ1v) is 6.27. The van der Waals surface area contributed by atoms with E-state index in [4.69, 9.17) is 9.47 Å². The highest BCUT2D eigenvalue weighted by Crippen LogP contribution is 2.06. The van der Waals surface area contributed by atoms with Crippen LogP contribution in [0.2, 0.25) is 0 Å². The molecule has 0 N–H and O–H groups in total. The van der Waals surface area contributed by atoms with Crippen LogP contribution in [-0.2, 0) is 16.0 Å². The van der Waals surface area contributed by atoms with Crippen molar-refractivity contribution in [1.29, 1.82) is 0 Å². The molecular formula is C12H22N4O3. The van der Waals surface area contributed by atoms with Crippen LogP contribution in [0.5, 0.6) is 0 Å². The number of nitrogens with zero attached hydrogens (tertiary/aromatic N) is 4. The Balaban J connectivity index is 2.52. The quantitative estimate of drug-likeness (QED) is 0.501. The van der Waals surface area contributed by atoms with Gasteiger partial charge in [0.15, 0.2) is 5.69 Å². The lowest BCUT2D eigenvalue weighted by atomic mass is 10.3. The summed E-state index contributed by atoms with van der Waals surface area (Å²) in [4.78, 5) is 13.8. The number of aryl methyl sites for hydroxylation is 1. The molecule has 19 heavy (non-hydrogen) atoms. The van der Waals surface area contributed by atoms with Crippen LogP contribution in [-0.4, -0.2) is 66.8 Å². The van der Waals surface area contributed by atoms with Gasteiger partial charge in [-0.05, 0) is 34.0 Å². The average molecular weight is 270 g/mol. The minimum absolute atomic E-state index is 0.224. The largest absolute Gasteiger partial charge is 0.458 e. The van der Waals surface area contributed by atoms with Gasteiger partial charge in [0.25, 0.3) is 0 Å². The molecule has 0 saturated heterocycles. The normalized spacial score (nSPS) is 11.0. The minimum atomic E-state index is -0.451. The lowest BCUT2D eigenvalue weighted by Gasteiger charge is -2.09. The summed E-state index contributed by atoms with van der Waals surface area (Å²) in [5.74, 6) is -0.451. The van der Waals surface area contributed by atoms with Gasteiger partial charge in [0.05, 0.1) is 12.3 Å². The van der Waals surface area contributed by atoms with Crippen molar-refractivity contribution in [2.75, 3.05) is 41.0 Å². The molecule has 7 heteroatoms. The summed E-state index contributed by atoms with van der Waals surface area (Å²) in [6.45, 7) is 4.13. The van der Waals surface area contributed by atoms with Gasteiger partial charge in [0.2, 0.25) is 0 Å². The minimum Gasteiger partial charge on any atom is -0.458 e. The molecular weight excluding hydrogens is 248 g/mol. The van der Waals surface area contributed by atoms with Crippen LogP contribution in [0.15, 0.2) is 0 Å². The van der Waals surface area contributed by atoms with Crippen molar-refractivity contribution < 1.29 is 14.3 Å². The van der Waals surface area contributed by atoms with Crippen LogP contribution in [0.4, 0.5) is 0 Å². The van der Waals surface area contributed by atoms with E-state index in [0.29, 0.717) is 6.61 Å². The second-order valence-electron chi connectivity index (χ2n) is 4.53. The van der Waals surface area contributed by atoms with Crippen molar-refractivity contribution in [2.45, 2.75) is 19.9 Å². The van der Waals surface area contributed by atoms with Crippen LogP contribution >= 0.6 is 0 Å². The fourth-order valence-electron chi connectivity index (χ4n) is 1.58. The van der Waals surface area contributed by atoms with E-state index < -0.39 is 5.97 Å². The molecule has 0 atom stereocenters. The van der Waals surface area contributed by atoms with Gasteiger partial charge in [0.1, 0.15) is 6.61 Å². The molecule has 0 aliphatic heterocycles. The Labute approximate surface area is 113 Å². The van der Waals surface area contributed by atoms with E-state index in [1.807, 2.05) is 21.0 Å².